The first-order valence-corrected chi connectivity index (χ1v) is 63.3. The summed E-state index contributed by atoms with van der Waals surface area (Å²) in [6.07, 6.45) is 98.1. The van der Waals surface area contributed by atoms with Crippen molar-refractivity contribution >= 4 is 0 Å². The van der Waals surface area contributed by atoms with E-state index in [9.17, 15) is 0 Å². The molecule has 40 fully saturated rings. The normalized spacial score (nSPS) is 53.2. The molecule has 0 unspecified atom stereocenters. The molecule has 758 valence electrons. The number of hydrogen-bond acceptors (Lipinski definition) is 0. The first-order valence-electron chi connectivity index (χ1n) is 63.3. The summed E-state index contributed by atoms with van der Waals surface area (Å²) < 4.78 is 0. The maximum atomic E-state index is 2.66. The molecular weight excluding hydrogens is 1600 g/mol. The van der Waals surface area contributed by atoms with E-state index in [1.165, 1.54) is 77.0 Å². The van der Waals surface area contributed by atoms with Crippen molar-refractivity contribution in [2.75, 3.05) is 0 Å². The van der Waals surface area contributed by atoms with Gasteiger partial charge in [-0.2, -0.15) is 0 Å². The molecule has 0 nitrogen and oxygen atoms in total. The van der Waals surface area contributed by atoms with Crippen molar-refractivity contribution in [3.05, 3.63) is 0 Å². The molecule has 0 spiro atoms. The van der Waals surface area contributed by atoms with E-state index in [1.54, 1.807) is 327 Å². The Kier molecular flexibility index (Phi) is 28.6. The van der Waals surface area contributed by atoms with E-state index < -0.39 is 0 Å². The van der Waals surface area contributed by atoms with Gasteiger partial charge in [-0.3, -0.25) is 0 Å². The maximum Gasteiger partial charge on any atom is -0.0269 e. The molecule has 0 radical (unpaired) electrons. The van der Waals surface area contributed by atoms with Gasteiger partial charge in [0.1, 0.15) is 0 Å². The van der Waals surface area contributed by atoms with Crippen molar-refractivity contribution in [2.24, 2.45) is 291 Å². The molecule has 0 amide bonds. The zero-order chi connectivity index (χ0) is 92.6. The third kappa shape index (κ3) is 19.2. The Bertz CT molecular complexity index is 3150. The second-order valence-electron chi connectivity index (χ2n) is 64.7. The van der Waals surface area contributed by atoms with Crippen LogP contribution >= 0.6 is 0 Å². The highest BCUT2D eigenvalue weighted by Crippen LogP contribution is 2.73. The van der Waals surface area contributed by atoms with E-state index in [2.05, 4.69) is 138 Å². The fourth-order valence-corrected chi connectivity index (χ4v) is 47.5. The Labute approximate surface area is 828 Å². The fraction of sp³-hybridized carbons (Fsp3) is 1.00. The summed E-state index contributed by atoms with van der Waals surface area (Å²) >= 11 is 0. The van der Waals surface area contributed by atoms with Gasteiger partial charge in [0.05, 0.1) is 0 Å². The molecule has 0 heteroatoms. The van der Waals surface area contributed by atoms with Crippen molar-refractivity contribution in [1.29, 1.82) is 0 Å². The van der Waals surface area contributed by atoms with Gasteiger partial charge < -0.3 is 0 Å². The highest BCUT2D eigenvalue weighted by molar-refractivity contribution is 5.13. The van der Waals surface area contributed by atoms with Crippen LogP contribution in [0, 0.1) is 291 Å². The van der Waals surface area contributed by atoms with Crippen molar-refractivity contribution in [3.8, 4) is 0 Å². The molecule has 0 atom stereocenters. The summed E-state index contributed by atoms with van der Waals surface area (Å²) in [7, 11) is 0. The van der Waals surface area contributed by atoms with Crippen LogP contribution in [0.3, 0.4) is 0 Å². The minimum Gasteiger partial charge on any atom is -0.0654 e. The van der Waals surface area contributed by atoms with Crippen LogP contribution in [0.5, 0.6) is 0 Å². The molecule has 0 aromatic heterocycles. The Morgan fingerprint density at radius 2 is 0.233 bits per heavy atom. The third-order valence-corrected chi connectivity index (χ3v) is 56.2. The van der Waals surface area contributed by atoms with Gasteiger partial charge >= 0.3 is 0 Å². The Morgan fingerprint density at radius 1 is 0.120 bits per heavy atom. The zero-order valence-corrected chi connectivity index (χ0v) is 92.6. The summed E-state index contributed by atoms with van der Waals surface area (Å²) in [4.78, 5) is 0. The summed E-state index contributed by atoms with van der Waals surface area (Å²) in [5, 5.41) is 0. The first kappa shape index (κ1) is 99.0. The van der Waals surface area contributed by atoms with E-state index in [0.29, 0.717) is 32.5 Å². The van der Waals surface area contributed by atoms with Crippen LogP contribution in [0.25, 0.3) is 0 Å². The van der Waals surface area contributed by atoms with E-state index in [-0.39, 0.29) is 0 Å². The van der Waals surface area contributed by atoms with Gasteiger partial charge in [-0.25, -0.2) is 0 Å². The Morgan fingerprint density at radius 3 is 0.368 bits per heavy atom. The van der Waals surface area contributed by atoms with Crippen LogP contribution in [-0.2, 0) is 0 Å². The molecule has 40 aliphatic carbocycles. The summed E-state index contributed by atoms with van der Waals surface area (Å²) in [5.41, 5.74) is 7.21. The lowest BCUT2D eigenvalue weighted by atomic mass is 9.45. The van der Waals surface area contributed by atoms with Gasteiger partial charge in [0.15, 0.2) is 0 Å². The quantitative estimate of drug-likeness (QED) is 0.161. The zero-order valence-electron chi connectivity index (χ0n) is 92.6. The molecule has 0 saturated heterocycles. The molecular formula is C133H226. The Hall–Kier alpha value is 0. The van der Waals surface area contributed by atoms with Crippen LogP contribution in [0.4, 0.5) is 0 Å². The smallest absolute Gasteiger partial charge is 0.0269 e. The first-order chi connectivity index (χ1) is 63.3. The molecule has 40 aliphatic rings. The fourth-order valence-electron chi connectivity index (χ4n) is 47.5. The summed E-state index contributed by atoms with van der Waals surface area (Å²) in [6, 6.07) is 0. The van der Waals surface area contributed by atoms with Crippen LogP contribution in [-0.4, -0.2) is 0 Å². The highest BCUT2D eigenvalue weighted by Gasteiger charge is 2.63. The molecule has 0 heterocycles. The molecule has 0 aliphatic heterocycles. The predicted octanol–water partition coefficient (Wildman–Crippen LogP) is 39.8. The van der Waals surface area contributed by atoms with E-state index in [1.807, 2.05) is 0 Å². The van der Waals surface area contributed by atoms with Crippen LogP contribution in [0.1, 0.15) is 543 Å². The lowest BCUT2D eigenvalue weighted by Crippen LogP contribution is -2.51. The second kappa shape index (κ2) is 38.4. The molecule has 0 aromatic carbocycles. The van der Waals surface area contributed by atoms with Crippen LogP contribution in [0.2, 0.25) is 0 Å². The topological polar surface area (TPSA) is 0 Å². The van der Waals surface area contributed by atoms with Gasteiger partial charge in [-0.15, -0.1) is 0 Å². The number of hydrogen-bond donors (Lipinski definition) is 0. The molecule has 40 bridgehead atoms. The third-order valence-electron chi connectivity index (χ3n) is 56.2. The Balaban J connectivity index is 0.0000000891. The van der Waals surface area contributed by atoms with Crippen LogP contribution in [0.15, 0.2) is 0 Å². The van der Waals surface area contributed by atoms with Gasteiger partial charge in [0.25, 0.3) is 0 Å². The molecule has 133 heavy (non-hydrogen) atoms. The van der Waals surface area contributed by atoms with Crippen molar-refractivity contribution in [1.82, 2.24) is 0 Å². The van der Waals surface area contributed by atoms with E-state index >= 15 is 0 Å². The van der Waals surface area contributed by atoms with Crippen molar-refractivity contribution in [2.45, 2.75) is 543 Å². The predicted molar refractivity (Wildman–Crippen MR) is 568 cm³/mol. The van der Waals surface area contributed by atoms with Gasteiger partial charge in [-0.1, -0.05) is 203 Å². The number of rotatable bonds is 13. The van der Waals surface area contributed by atoms with Gasteiger partial charge in [0, 0.05) is 0 Å². The SMILES string of the molecule is CC1(C)C2CC3CC(C2)CC1C3.CC1(C)C2CC3CC(C2)CC1C3.CC1(C)C2CC3CC(C2)CC1C3.CC1(C)C2CC3CC(C2)CC1C3.CC1(C)C2CC3CC(C2)CC1C3.CC1(C)C2CC3CC(C2)CC1C3.CCC1(C)C2CC3CC(C2)CC1C3.CCCCC1(C)C2CC3CC(C2)CC1C3.CCCCCC1(C)C2CC3CC(C2)CC1C3.CCCCCCC1(C)C2CC3CC(C2)CC1C3. The molecule has 40 saturated carbocycles. The molecule has 0 N–H and O–H groups in total. The molecule has 40 rings (SSSR count). The minimum atomic E-state index is 0.702. The second-order valence-corrected chi connectivity index (χ2v) is 64.7. The molecule has 0 aromatic rings. The average molecular weight is 1830 g/mol. The lowest BCUT2D eigenvalue weighted by Gasteiger charge is -2.60. The highest BCUT2D eigenvalue weighted by atomic mass is 14.7. The van der Waals surface area contributed by atoms with Crippen molar-refractivity contribution in [3.63, 3.8) is 0 Å². The summed E-state index contributed by atoms with van der Waals surface area (Å²) in [6.45, 7) is 50.3. The largest absolute Gasteiger partial charge is 0.0654 e. The van der Waals surface area contributed by atoms with E-state index in [4.69, 9.17) is 0 Å². The number of unbranched alkanes of at least 4 members (excludes halogenated alkanes) is 6. The standard InChI is InChI=1S/C17H30.C16H28.C15H26.C13H22.6C12H20/c1-3-4-5-6-7-17(2)15-9-13-8-14(11-15)12-16(17)10-13;1-3-4-5-6-16(2)14-8-12-7-13(10-14)11-15(16)9-12;1-3-4-5-15(2)13-7-11-6-12(9-13)10-14(15)8-11;1-3-13(2)11-5-9-4-10(7-11)8-12(13)6-9;6*1-12(2)10-4-8-3-9(6-10)7-11(12)5-8/h13-16H,3-12H2,1-2H3;12-15H,3-11H2,1-2H3;11-14H,3-10H2,1-2H3;9-12H,3-8H2,1-2H3;6*8-11H,3-7H2,1-2H3. The van der Waals surface area contributed by atoms with Gasteiger partial charge in [-0.05, 0) is 631 Å². The maximum absolute atomic E-state index is 2.66. The monoisotopic (exact) mass is 1820 g/mol. The van der Waals surface area contributed by atoms with Gasteiger partial charge in [0.2, 0.25) is 0 Å². The lowest BCUT2D eigenvalue weighted by molar-refractivity contribution is -0.103. The van der Waals surface area contributed by atoms with Crippen LogP contribution < -0.4 is 0 Å². The van der Waals surface area contributed by atoms with E-state index in [0.717, 1.165) is 258 Å². The average Bonchev–Trinajstić information content (AvgIpc) is 0.728. The summed E-state index contributed by atoms with van der Waals surface area (Å²) in [5.74, 6) is 44.8. The minimum absolute atomic E-state index is 0.702. The van der Waals surface area contributed by atoms with Crippen molar-refractivity contribution < 1.29 is 0 Å².